The van der Waals surface area contributed by atoms with Gasteiger partial charge < -0.3 is 10.6 Å². The summed E-state index contributed by atoms with van der Waals surface area (Å²) in [5.74, 6) is 1.14. The predicted octanol–water partition coefficient (Wildman–Crippen LogP) is 4.37. The normalized spacial score (nSPS) is 47.7. The van der Waals surface area contributed by atoms with Crippen molar-refractivity contribution in [1.82, 2.24) is 10.6 Å². The van der Waals surface area contributed by atoms with Gasteiger partial charge in [0.25, 0.3) is 0 Å². The predicted molar refractivity (Wildman–Crippen MR) is 110 cm³/mol. The van der Waals surface area contributed by atoms with Gasteiger partial charge in [-0.1, -0.05) is 0 Å². The molecule has 0 heterocycles. The molecular weight excluding hydrogens is 386 g/mol. The Bertz CT molecular complexity index is 615. The standard InChI is InChI=1S/C24H36F2N2O2/c25-17-1-5-19(6-2-17)27-21(29)23-10-15-9-16(11-23)13-24(12-15,14-23)22(30)28-20-7-3-18(26)4-8-20/h15-20H,1-14H2,(H,27,29)(H,28,30). The van der Waals surface area contributed by atoms with Gasteiger partial charge >= 0.3 is 0 Å². The van der Waals surface area contributed by atoms with Crippen LogP contribution in [0.15, 0.2) is 0 Å². The van der Waals surface area contributed by atoms with Crippen LogP contribution in [-0.4, -0.2) is 36.2 Å². The Kier molecular flexibility index (Phi) is 5.34. The number of rotatable bonds is 4. The maximum atomic E-state index is 13.5. The van der Waals surface area contributed by atoms with Gasteiger partial charge in [-0.15, -0.1) is 0 Å². The summed E-state index contributed by atoms with van der Waals surface area (Å²) >= 11 is 0. The Balaban J connectivity index is 1.28. The molecule has 2 amide bonds. The third kappa shape index (κ3) is 3.77. The second-order valence-electron chi connectivity index (χ2n) is 11.4. The van der Waals surface area contributed by atoms with Crippen molar-refractivity contribution in [1.29, 1.82) is 0 Å². The van der Waals surface area contributed by atoms with E-state index in [9.17, 15) is 18.4 Å². The van der Waals surface area contributed by atoms with Gasteiger partial charge in [-0.2, -0.15) is 0 Å². The second kappa shape index (κ2) is 7.74. The lowest BCUT2D eigenvalue weighted by Gasteiger charge is -2.60. The van der Waals surface area contributed by atoms with E-state index in [1.807, 2.05) is 0 Å². The number of carbonyl (C=O) groups excluding carboxylic acids is 2. The molecule has 168 valence electrons. The average Bonchev–Trinajstić information content (AvgIpc) is 2.70. The number of hydrogen-bond donors (Lipinski definition) is 2. The zero-order valence-electron chi connectivity index (χ0n) is 17.9. The van der Waals surface area contributed by atoms with E-state index in [1.165, 1.54) is 0 Å². The minimum atomic E-state index is -0.725. The molecule has 6 aliphatic carbocycles. The van der Waals surface area contributed by atoms with Gasteiger partial charge in [-0.3, -0.25) is 9.59 Å². The summed E-state index contributed by atoms with van der Waals surface area (Å²) in [6.07, 6.45) is 8.98. The van der Waals surface area contributed by atoms with Gasteiger partial charge in [-0.25, -0.2) is 8.78 Å². The molecule has 0 radical (unpaired) electrons. The topological polar surface area (TPSA) is 58.2 Å². The number of hydrogen-bond acceptors (Lipinski definition) is 2. The van der Waals surface area contributed by atoms with Crippen molar-refractivity contribution in [3.05, 3.63) is 0 Å². The van der Waals surface area contributed by atoms with Crippen molar-refractivity contribution >= 4 is 11.8 Å². The molecule has 0 atom stereocenters. The molecule has 2 N–H and O–H groups in total. The number of nitrogens with one attached hydrogen (secondary N) is 2. The Labute approximate surface area is 178 Å². The lowest BCUT2D eigenvalue weighted by molar-refractivity contribution is -0.168. The van der Waals surface area contributed by atoms with E-state index in [1.54, 1.807) is 0 Å². The van der Waals surface area contributed by atoms with Crippen molar-refractivity contribution in [2.24, 2.45) is 22.7 Å². The van der Waals surface area contributed by atoms with Crippen molar-refractivity contribution in [3.8, 4) is 0 Å². The molecule has 0 unspecified atom stereocenters. The first-order valence-electron chi connectivity index (χ1n) is 12.3. The van der Waals surface area contributed by atoms with Crippen LogP contribution in [0.25, 0.3) is 0 Å². The largest absolute Gasteiger partial charge is 0.353 e. The summed E-state index contributed by atoms with van der Waals surface area (Å²) in [5.41, 5.74) is -0.852. The van der Waals surface area contributed by atoms with E-state index in [4.69, 9.17) is 0 Å². The summed E-state index contributed by atoms with van der Waals surface area (Å²) in [5, 5.41) is 6.52. The van der Waals surface area contributed by atoms with Gasteiger partial charge in [0, 0.05) is 12.1 Å². The SMILES string of the molecule is O=C(NC1CCC(F)CC1)C12CC3CC(C1)CC(C(=O)NC1CCC(F)CC1)(C3)C2. The first kappa shape index (κ1) is 20.7. The van der Waals surface area contributed by atoms with Crippen LogP contribution in [0.5, 0.6) is 0 Å². The van der Waals surface area contributed by atoms with E-state index >= 15 is 0 Å². The van der Waals surface area contributed by atoms with Crippen LogP contribution < -0.4 is 10.6 Å². The van der Waals surface area contributed by atoms with Gasteiger partial charge in [-0.05, 0) is 102 Å². The first-order valence-corrected chi connectivity index (χ1v) is 12.3. The molecule has 0 aromatic carbocycles. The monoisotopic (exact) mass is 422 g/mol. The third-order valence-corrected chi connectivity index (χ3v) is 9.01. The number of amides is 2. The maximum Gasteiger partial charge on any atom is 0.226 e. The molecule has 6 aliphatic rings. The second-order valence-corrected chi connectivity index (χ2v) is 11.4. The summed E-state index contributed by atoms with van der Waals surface area (Å²) in [6, 6.07) is 0.163. The highest BCUT2D eigenvalue weighted by atomic mass is 19.1. The summed E-state index contributed by atoms with van der Waals surface area (Å²) in [4.78, 5) is 26.9. The fourth-order valence-corrected chi connectivity index (χ4v) is 7.86. The quantitative estimate of drug-likeness (QED) is 0.707. The minimum absolute atomic E-state index is 0.0816. The van der Waals surface area contributed by atoms with E-state index in [0.717, 1.165) is 57.8 Å². The van der Waals surface area contributed by atoms with Crippen molar-refractivity contribution in [3.63, 3.8) is 0 Å². The Morgan fingerprint density at radius 1 is 0.633 bits per heavy atom. The number of carbonyl (C=O) groups is 2. The molecular formula is C24H36F2N2O2. The number of halogens is 2. The molecule has 0 spiro atoms. The van der Waals surface area contributed by atoms with Crippen LogP contribution in [0.4, 0.5) is 8.78 Å². The van der Waals surface area contributed by atoms with Gasteiger partial charge in [0.2, 0.25) is 11.8 Å². The molecule has 4 nitrogen and oxygen atoms in total. The lowest BCUT2D eigenvalue weighted by atomic mass is 9.43. The van der Waals surface area contributed by atoms with E-state index in [2.05, 4.69) is 10.6 Å². The molecule has 0 saturated heterocycles. The van der Waals surface area contributed by atoms with Gasteiger partial charge in [0.1, 0.15) is 12.3 Å². The van der Waals surface area contributed by atoms with Crippen molar-refractivity contribution in [2.45, 2.75) is 114 Å². The fourth-order valence-electron chi connectivity index (χ4n) is 7.86. The fraction of sp³-hybridized carbons (Fsp3) is 0.917. The van der Waals surface area contributed by atoms with Crippen molar-refractivity contribution in [2.75, 3.05) is 0 Å². The highest BCUT2D eigenvalue weighted by Crippen LogP contribution is 2.65. The molecule has 6 fully saturated rings. The first-order chi connectivity index (χ1) is 14.4. The minimum Gasteiger partial charge on any atom is -0.353 e. The van der Waals surface area contributed by atoms with Crippen LogP contribution in [0, 0.1) is 22.7 Å². The Hall–Kier alpha value is -1.20. The molecule has 6 saturated carbocycles. The summed E-state index contributed by atoms with van der Waals surface area (Å²) in [6.45, 7) is 0. The third-order valence-electron chi connectivity index (χ3n) is 9.01. The molecule has 6 rings (SSSR count). The van der Waals surface area contributed by atoms with Crippen LogP contribution in [0.1, 0.15) is 89.9 Å². The van der Waals surface area contributed by atoms with E-state index in [0.29, 0.717) is 43.9 Å². The zero-order chi connectivity index (χ0) is 20.9. The average molecular weight is 423 g/mol. The van der Waals surface area contributed by atoms with Gasteiger partial charge in [0.05, 0.1) is 10.8 Å². The number of alkyl halides is 2. The lowest BCUT2D eigenvalue weighted by Crippen LogP contribution is -2.62. The molecule has 0 aromatic heterocycles. The highest BCUT2D eigenvalue weighted by Gasteiger charge is 2.63. The zero-order valence-corrected chi connectivity index (χ0v) is 17.9. The summed E-state index contributed by atoms with van der Waals surface area (Å²) in [7, 11) is 0. The highest BCUT2D eigenvalue weighted by molar-refractivity contribution is 5.88. The smallest absolute Gasteiger partial charge is 0.226 e. The van der Waals surface area contributed by atoms with Crippen LogP contribution in [0.3, 0.4) is 0 Å². The van der Waals surface area contributed by atoms with Crippen LogP contribution in [0.2, 0.25) is 0 Å². The molecule has 0 aliphatic heterocycles. The van der Waals surface area contributed by atoms with Crippen molar-refractivity contribution < 1.29 is 18.4 Å². The molecule has 0 aromatic rings. The van der Waals surface area contributed by atoms with E-state index < -0.39 is 23.2 Å². The summed E-state index contributed by atoms with van der Waals surface area (Å²) < 4.78 is 27.0. The molecule has 6 heteroatoms. The Morgan fingerprint density at radius 2 is 1.00 bits per heavy atom. The van der Waals surface area contributed by atoms with Crippen LogP contribution >= 0.6 is 0 Å². The Morgan fingerprint density at radius 3 is 1.37 bits per heavy atom. The van der Waals surface area contributed by atoms with Gasteiger partial charge in [0.15, 0.2) is 0 Å². The van der Waals surface area contributed by atoms with E-state index in [-0.39, 0.29) is 23.9 Å². The maximum absolute atomic E-state index is 13.5. The van der Waals surface area contributed by atoms with Crippen LogP contribution in [-0.2, 0) is 9.59 Å². The molecule has 30 heavy (non-hydrogen) atoms. The molecule has 4 bridgehead atoms.